The molecule has 1 aliphatic heterocycles. The number of aromatic amines is 1. The average Bonchev–Trinajstić information content (AvgIpc) is 3.29. The highest BCUT2D eigenvalue weighted by Crippen LogP contribution is 2.20. The van der Waals surface area contributed by atoms with Crippen molar-refractivity contribution in [3.05, 3.63) is 35.8 Å². The molecule has 2 heterocycles. The number of carbonyl (C=O) groups excluding carboxylic acids is 2. The molecule has 1 aliphatic carbocycles. The number of nitrogens with one attached hydrogen (secondary N) is 2. The minimum atomic E-state index is -0.334. The van der Waals surface area contributed by atoms with Crippen LogP contribution in [0.3, 0.4) is 0 Å². The number of H-pyrrole nitrogens is 1. The van der Waals surface area contributed by atoms with Crippen LogP contribution in [0.4, 0.5) is 4.39 Å². The summed E-state index contributed by atoms with van der Waals surface area (Å²) in [7, 11) is 0. The molecule has 0 unspecified atom stereocenters. The van der Waals surface area contributed by atoms with Crippen molar-refractivity contribution in [2.75, 3.05) is 32.7 Å². The minimum Gasteiger partial charge on any atom is -0.352 e. The van der Waals surface area contributed by atoms with Gasteiger partial charge in [-0.05, 0) is 31.0 Å². The third-order valence-electron chi connectivity index (χ3n) is 4.81. The molecule has 25 heavy (non-hydrogen) atoms. The van der Waals surface area contributed by atoms with Gasteiger partial charge in [-0.25, -0.2) is 4.39 Å². The van der Waals surface area contributed by atoms with Gasteiger partial charge in [0.2, 0.25) is 5.91 Å². The van der Waals surface area contributed by atoms with E-state index in [0.29, 0.717) is 55.4 Å². The quantitative estimate of drug-likeness (QED) is 0.880. The van der Waals surface area contributed by atoms with Crippen LogP contribution in [-0.4, -0.2) is 65.4 Å². The van der Waals surface area contributed by atoms with E-state index >= 15 is 0 Å². The fourth-order valence-corrected chi connectivity index (χ4v) is 3.22. The molecule has 0 bridgehead atoms. The van der Waals surface area contributed by atoms with Crippen molar-refractivity contribution in [3.8, 4) is 0 Å². The molecule has 0 atom stereocenters. The van der Waals surface area contributed by atoms with Crippen LogP contribution in [0.1, 0.15) is 23.3 Å². The largest absolute Gasteiger partial charge is 0.352 e. The van der Waals surface area contributed by atoms with Gasteiger partial charge >= 0.3 is 0 Å². The Kier molecular flexibility index (Phi) is 4.17. The lowest BCUT2D eigenvalue weighted by Crippen LogP contribution is -2.51. The van der Waals surface area contributed by atoms with Crippen LogP contribution in [0.25, 0.3) is 10.9 Å². The predicted octanol–water partition coefficient (Wildman–Crippen LogP) is 1.34. The van der Waals surface area contributed by atoms with E-state index in [2.05, 4.69) is 15.2 Å². The van der Waals surface area contributed by atoms with Gasteiger partial charge < -0.3 is 15.2 Å². The van der Waals surface area contributed by atoms with Gasteiger partial charge in [-0.15, -0.1) is 0 Å². The van der Waals surface area contributed by atoms with Gasteiger partial charge in [0.15, 0.2) is 0 Å². The lowest BCUT2D eigenvalue weighted by molar-refractivity contribution is -0.122. The summed E-state index contributed by atoms with van der Waals surface area (Å²) in [5.74, 6) is -0.398. The Hall–Kier alpha value is -2.41. The highest BCUT2D eigenvalue weighted by molar-refractivity contribution is 5.98. The number of carbonyl (C=O) groups is 2. The first-order chi connectivity index (χ1) is 12.1. The lowest BCUT2D eigenvalue weighted by atomic mass is 10.2. The molecule has 2 aliphatic rings. The van der Waals surface area contributed by atoms with E-state index < -0.39 is 0 Å². The fourth-order valence-electron chi connectivity index (χ4n) is 3.22. The maximum Gasteiger partial charge on any atom is 0.270 e. The fraction of sp³-hybridized carbons (Fsp3) is 0.444. The van der Waals surface area contributed by atoms with Gasteiger partial charge in [0, 0.05) is 43.1 Å². The average molecular weight is 344 g/mol. The Morgan fingerprint density at radius 1 is 1.20 bits per heavy atom. The zero-order valence-electron chi connectivity index (χ0n) is 13.9. The van der Waals surface area contributed by atoms with E-state index in [1.165, 1.54) is 6.07 Å². The summed E-state index contributed by atoms with van der Waals surface area (Å²) >= 11 is 0. The van der Waals surface area contributed by atoms with Gasteiger partial charge in [0.25, 0.3) is 5.91 Å². The van der Waals surface area contributed by atoms with Crippen molar-refractivity contribution >= 4 is 22.7 Å². The molecule has 2 aromatic rings. The van der Waals surface area contributed by atoms with Gasteiger partial charge in [-0.1, -0.05) is 6.07 Å². The summed E-state index contributed by atoms with van der Waals surface area (Å²) in [6.07, 6.45) is 2.16. The predicted molar refractivity (Wildman–Crippen MR) is 91.8 cm³/mol. The third kappa shape index (κ3) is 3.51. The van der Waals surface area contributed by atoms with Crippen LogP contribution in [-0.2, 0) is 4.79 Å². The Morgan fingerprint density at radius 2 is 1.96 bits per heavy atom. The van der Waals surface area contributed by atoms with Crippen LogP contribution in [0, 0.1) is 5.82 Å². The Morgan fingerprint density at radius 3 is 2.64 bits per heavy atom. The number of hydrogen-bond donors (Lipinski definition) is 2. The van der Waals surface area contributed by atoms with Crippen molar-refractivity contribution < 1.29 is 14.0 Å². The summed E-state index contributed by atoms with van der Waals surface area (Å²) < 4.78 is 13.8. The van der Waals surface area contributed by atoms with Gasteiger partial charge in [-0.3, -0.25) is 14.5 Å². The van der Waals surface area contributed by atoms with Crippen LogP contribution in [0.2, 0.25) is 0 Å². The molecule has 2 amide bonds. The molecule has 4 rings (SSSR count). The molecule has 1 aromatic carbocycles. The Balaban J connectivity index is 1.35. The van der Waals surface area contributed by atoms with Crippen LogP contribution < -0.4 is 5.32 Å². The van der Waals surface area contributed by atoms with Crippen LogP contribution in [0.15, 0.2) is 24.3 Å². The molecule has 1 aromatic heterocycles. The molecular formula is C18H21FN4O2. The number of amides is 2. The number of benzene rings is 1. The van der Waals surface area contributed by atoms with Crippen molar-refractivity contribution in [2.24, 2.45) is 0 Å². The summed E-state index contributed by atoms with van der Waals surface area (Å²) in [6.45, 7) is 2.84. The second kappa shape index (κ2) is 6.48. The van der Waals surface area contributed by atoms with E-state index in [1.54, 1.807) is 23.1 Å². The molecule has 6 nitrogen and oxygen atoms in total. The number of halogens is 1. The SMILES string of the molecule is O=C(CN1CCN(C(=O)c2cc3c(F)cccc3[nH]2)CC1)NC1CC1. The van der Waals surface area contributed by atoms with E-state index in [4.69, 9.17) is 0 Å². The van der Waals surface area contributed by atoms with Crippen LogP contribution in [0.5, 0.6) is 0 Å². The normalized spacial score (nSPS) is 18.5. The highest BCUT2D eigenvalue weighted by Gasteiger charge is 2.27. The highest BCUT2D eigenvalue weighted by atomic mass is 19.1. The van der Waals surface area contributed by atoms with Crippen molar-refractivity contribution in [3.63, 3.8) is 0 Å². The summed E-state index contributed by atoms with van der Waals surface area (Å²) in [5, 5.41) is 3.41. The maximum atomic E-state index is 13.8. The van der Waals surface area contributed by atoms with E-state index in [0.717, 1.165) is 12.8 Å². The van der Waals surface area contributed by atoms with Gasteiger partial charge in [0.05, 0.1) is 6.54 Å². The number of hydrogen-bond acceptors (Lipinski definition) is 3. The molecule has 1 saturated heterocycles. The molecular weight excluding hydrogens is 323 g/mol. The Bertz CT molecular complexity index is 807. The lowest BCUT2D eigenvalue weighted by Gasteiger charge is -2.34. The third-order valence-corrected chi connectivity index (χ3v) is 4.81. The van der Waals surface area contributed by atoms with Gasteiger partial charge in [-0.2, -0.15) is 0 Å². The number of fused-ring (bicyclic) bond motifs is 1. The van der Waals surface area contributed by atoms with E-state index in [9.17, 15) is 14.0 Å². The molecule has 0 spiro atoms. The zero-order valence-corrected chi connectivity index (χ0v) is 13.9. The smallest absolute Gasteiger partial charge is 0.270 e. The maximum absolute atomic E-state index is 13.8. The summed E-state index contributed by atoms with van der Waals surface area (Å²) in [6, 6.07) is 6.70. The second-order valence-corrected chi connectivity index (χ2v) is 6.79. The number of aromatic nitrogens is 1. The topological polar surface area (TPSA) is 68.4 Å². The molecule has 1 saturated carbocycles. The standard InChI is InChI=1S/C18H21FN4O2/c19-14-2-1-3-15-13(14)10-16(21-15)18(25)23-8-6-22(7-9-23)11-17(24)20-12-4-5-12/h1-3,10,12,21H,4-9,11H2,(H,20,24). The summed E-state index contributed by atoms with van der Waals surface area (Å²) in [4.78, 5) is 31.3. The molecule has 0 radical (unpaired) electrons. The summed E-state index contributed by atoms with van der Waals surface area (Å²) in [5.41, 5.74) is 1.03. The first kappa shape index (κ1) is 16.1. The van der Waals surface area contributed by atoms with Crippen LogP contribution >= 0.6 is 0 Å². The monoisotopic (exact) mass is 344 g/mol. The minimum absolute atomic E-state index is 0.0633. The molecule has 2 N–H and O–H groups in total. The van der Waals surface area contributed by atoms with Crippen molar-refractivity contribution in [2.45, 2.75) is 18.9 Å². The van der Waals surface area contributed by atoms with E-state index in [1.807, 2.05) is 0 Å². The number of piperazine rings is 1. The van der Waals surface area contributed by atoms with Crippen molar-refractivity contribution in [1.29, 1.82) is 0 Å². The number of nitrogens with zero attached hydrogens (tertiary/aromatic N) is 2. The van der Waals surface area contributed by atoms with E-state index in [-0.39, 0.29) is 17.6 Å². The first-order valence-corrected chi connectivity index (χ1v) is 8.68. The molecule has 2 fully saturated rings. The Labute approximate surface area is 145 Å². The molecule has 7 heteroatoms. The zero-order chi connectivity index (χ0) is 17.4. The molecule has 132 valence electrons. The van der Waals surface area contributed by atoms with Crippen molar-refractivity contribution in [1.82, 2.24) is 20.1 Å². The van der Waals surface area contributed by atoms with Gasteiger partial charge in [0.1, 0.15) is 11.5 Å². The first-order valence-electron chi connectivity index (χ1n) is 8.68. The number of rotatable bonds is 4. The second-order valence-electron chi connectivity index (χ2n) is 6.79.